The molecule has 3 N–H and O–H groups in total. The van der Waals surface area contributed by atoms with E-state index < -0.39 is 5.97 Å². The molecule has 0 bridgehead atoms. The second-order valence-electron chi connectivity index (χ2n) is 5.67. The lowest BCUT2D eigenvalue weighted by molar-refractivity contribution is -0.137. The molecule has 0 saturated heterocycles. The fraction of sp³-hybridized carbons (Fsp3) is 0.929. The van der Waals surface area contributed by atoms with Crippen LogP contribution in [0.4, 0.5) is 0 Å². The minimum absolute atomic E-state index is 0.102. The van der Waals surface area contributed by atoms with Gasteiger partial charge in [-0.15, -0.1) is 0 Å². The molecule has 1 aliphatic rings. The lowest BCUT2D eigenvalue weighted by Gasteiger charge is -2.23. The molecule has 0 amide bonds. The minimum atomic E-state index is -0.781. The first kappa shape index (κ1) is 14.5. The van der Waals surface area contributed by atoms with Crippen LogP contribution in [-0.2, 0) is 4.79 Å². The van der Waals surface area contributed by atoms with Crippen LogP contribution < -0.4 is 5.73 Å². The van der Waals surface area contributed by atoms with Gasteiger partial charge in [-0.3, -0.25) is 4.79 Å². The van der Waals surface area contributed by atoms with Gasteiger partial charge in [0.25, 0.3) is 0 Å². The largest absolute Gasteiger partial charge is 0.481 e. The highest BCUT2D eigenvalue weighted by Crippen LogP contribution is 2.28. The Hall–Kier alpha value is -0.570. The molecule has 0 unspecified atom stereocenters. The quantitative estimate of drug-likeness (QED) is 0.719. The van der Waals surface area contributed by atoms with Gasteiger partial charge in [-0.2, -0.15) is 0 Å². The third kappa shape index (κ3) is 6.06. The summed E-state index contributed by atoms with van der Waals surface area (Å²) >= 11 is 0. The van der Waals surface area contributed by atoms with Gasteiger partial charge < -0.3 is 10.8 Å². The molecule has 0 heterocycles. The summed E-state index contributed by atoms with van der Waals surface area (Å²) in [6.45, 7) is 2.08. The number of nitrogens with two attached hydrogens (primary N) is 1. The van der Waals surface area contributed by atoms with Crippen LogP contribution in [0.3, 0.4) is 0 Å². The number of aliphatic carboxylic acids is 1. The number of carbonyl (C=O) groups is 1. The molecule has 1 saturated carbocycles. The van der Waals surface area contributed by atoms with Crippen molar-refractivity contribution < 1.29 is 9.90 Å². The van der Waals surface area contributed by atoms with Gasteiger partial charge in [0.1, 0.15) is 0 Å². The van der Waals surface area contributed by atoms with Gasteiger partial charge in [0.2, 0.25) is 0 Å². The van der Waals surface area contributed by atoms with Crippen LogP contribution in [-0.4, -0.2) is 17.1 Å². The van der Waals surface area contributed by atoms with E-state index in [1.54, 1.807) is 0 Å². The maximum Gasteiger partial charge on any atom is 0.304 e. The minimum Gasteiger partial charge on any atom is -0.481 e. The fourth-order valence-corrected chi connectivity index (χ4v) is 2.82. The summed E-state index contributed by atoms with van der Waals surface area (Å²) in [5, 5.41) is 8.68. The lowest BCUT2D eigenvalue weighted by atomic mass is 9.84. The van der Waals surface area contributed by atoms with Gasteiger partial charge in [0.05, 0.1) is 6.42 Å². The Morgan fingerprint density at radius 1 is 1.35 bits per heavy atom. The Balaban J connectivity index is 2.10. The molecule has 3 nitrogen and oxygen atoms in total. The Morgan fingerprint density at radius 2 is 2.00 bits per heavy atom. The highest BCUT2D eigenvalue weighted by atomic mass is 16.4. The van der Waals surface area contributed by atoms with E-state index in [0.29, 0.717) is 5.92 Å². The molecule has 100 valence electrons. The van der Waals surface area contributed by atoms with Crippen molar-refractivity contribution in [2.45, 2.75) is 70.8 Å². The van der Waals surface area contributed by atoms with Crippen molar-refractivity contribution in [1.82, 2.24) is 0 Å². The maximum absolute atomic E-state index is 10.6. The Morgan fingerprint density at radius 3 is 2.59 bits per heavy atom. The molecule has 1 rings (SSSR count). The average molecular weight is 241 g/mol. The fourth-order valence-electron chi connectivity index (χ4n) is 2.82. The normalized spacial score (nSPS) is 21.1. The highest BCUT2D eigenvalue weighted by molar-refractivity contribution is 5.67. The molecule has 1 aliphatic carbocycles. The Kier molecular flexibility index (Phi) is 6.56. The van der Waals surface area contributed by atoms with Crippen molar-refractivity contribution >= 4 is 5.97 Å². The van der Waals surface area contributed by atoms with Crippen LogP contribution in [0, 0.1) is 11.8 Å². The zero-order chi connectivity index (χ0) is 12.7. The van der Waals surface area contributed by atoms with Crippen LogP contribution in [0.1, 0.15) is 64.7 Å². The summed E-state index contributed by atoms with van der Waals surface area (Å²) in [5.74, 6) is 0.470. The van der Waals surface area contributed by atoms with Crippen LogP contribution in [0.15, 0.2) is 0 Å². The predicted octanol–water partition coefficient (Wildman–Crippen LogP) is 3.18. The molecular formula is C14H27NO2. The molecule has 3 heteroatoms. The predicted molar refractivity (Wildman–Crippen MR) is 69.8 cm³/mol. The van der Waals surface area contributed by atoms with E-state index in [-0.39, 0.29) is 12.5 Å². The molecule has 0 aromatic heterocycles. The van der Waals surface area contributed by atoms with E-state index in [1.807, 2.05) is 0 Å². The first-order valence-electron chi connectivity index (χ1n) is 7.07. The van der Waals surface area contributed by atoms with Crippen molar-refractivity contribution in [2.75, 3.05) is 0 Å². The van der Waals surface area contributed by atoms with Crippen LogP contribution >= 0.6 is 0 Å². The van der Waals surface area contributed by atoms with Crippen molar-refractivity contribution in [3.63, 3.8) is 0 Å². The Bertz CT molecular complexity index is 224. The van der Waals surface area contributed by atoms with Gasteiger partial charge >= 0.3 is 5.97 Å². The van der Waals surface area contributed by atoms with Gasteiger partial charge in [-0.25, -0.2) is 0 Å². The molecule has 0 spiro atoms. The summed E-state index contributed by atoms with van der Waals surface area (Å²) in [4.78, 5) is 10.6. The molecule has 1 fully saturated rings. The zero-order valence-electron chi connectivity index (χ0n) is 11.0. The van der Waals surface area contributed by atoms with Crippen molar-refractivity contribution in [2.24, 2.45) is 17.6 Å². The SMILES string of the molecule is C[C@@H](CCCC1CCCCC1)[C@H](N)CC(=O)O. The second-order valence-corrected chi connectivity index (χ2v) is 5.67. The summed E-state index contributed by atoms with van der Waals surface area (Å²) in [6.07, 6.45) is 10.7. The molecule has 0 aromatic rings. The van der Waals surface area contributed by atoms with Crippen LogP contribution in [0.2, 0.25) is 0 Å². The van der Waals surface area contributed by atoms with E-state index >= 15 is 0 Å². The summed E-state index contributed by atoms with van der Waals surface area (Å²) in [7, 11) is 0. The van der Waals surface area contributed by atoms with E-state index in [2.05, 4.69) is 6.92 Å². The third-order valence-corrected chi connectivity index (χ3v) is 4.14. The van der Waals surface area contributed by atoms with Gasteiger partial charge in [0.15, 0.2) is 0 Å². The summed E-state index contributed by atoms with van der Waals surface area (Å²) in [5.41, 5.74) is 5.86. The van der Waals surface area contributed by atoms with Crippen LogP contribution in [0.25, 0.3) is 0 Å². The number of carboxylic acids is 1. The smallest absolute Gasteiger partial charge is 0.304 e. The maximum atomic E-state index is 10.6. The molecule has 2 atom stereocenters. The molecule has 0 radical (unpaired) electrons. The number of carboxylic acid groups (broad SMARTS) is 1. The lowest BCUT2D eigenvalue weighted by Crippen LogP contribution is -2.30. The Labute approximate surface area is 105 Å². The van der Waals surface area contributed by atoms with E-state index in [4.69, 9.17) is 10.8 Å². The first-order valence-corrected chi connectivity index (χ1v) is 7.07. The second kappa shape index (κ2) is 7.70. The first-order chi connectivity index (χ1) is 8.09. The van der Waals surface area contributed by atoms with E-state index in [0.717, 1.165) is 12.3 Å². The standard InChI is InChI=1S/C14H27NO2/c1-11(13(15)10-14(16)17)6-5-9-12-7-3-2-4-8-12/h11-13H,2-10,15H2,1H3,(H,16,17)/t11-,13+/m0/s1. The number of hydrogen-bond donors (Lipinski definition) is 2. The topological polar surface area (TPSA) is 63.3 Å². The molecular weight excluding hydrogens is 214 g/mol. The van der Waals surface area contributed by atoms with Crippen molar-refractivity contribution in [1.29, 1.82) is 0 Å². The molecule has 0 aromatic carbocycles. The highest BCUT2D eigenvalue weighted by Gasteiger charge is 2.17. The van der Waals surface area contributed by atoms with Gasteiger partial charge in [-0.05, 0) is 18.3 Å². The average Bonchev–Trinajstić information content (AvgIpc) is 2.29. The van der Waals surface area contributed by atoms with Crippen molar-refractivity contribution in [3.8, 4) is 0 Å². The van der Waals surface area contributed by atoms with E-state index in [9.17, 15) is 4.79 Å². The number of hydrogen-bond acceptors (Lipinski definition) is 2. The number of rotatable bonds is 7. The third-order valence-electron chi connectivity index (χ3n) is 4.14. The monoisotopic (exact) mass is 241 g/mol. The van der Waals surface area contributed by atoms with Crippen molar-refractivity contribution in [3.05, 3.63) is 0 Å². The molecule has 17 heavy (non-hydrogen) atoms. The van der Waals surface area contributed by atoms with Gasteiger partial charge in [0, 0.05) is 6.04 Å². The zero-order valence-corrected chi connectivity index (χ0v) is 11.0. The van der Waals surface area contributed by atoms with Gasteiger partial charge in [-0.1, -0.05) is 51.9 Å². The summed E-state index contributed by atoms with van der Waals surface area (Å²) in [6, 6.07) is -0.182. The van der Waals surface area contributed by atoms with E-state index in [1.165, 1.54) is 44.9 Å². The van der Waals surface area contributed by atoms with Crippen LogP contribution in [0.5, 0.6) is 0 Å². The summed E-state index contributed by atoms with van der Waals surface area (Å²) < 4.78 is 0. The molecule has 0 aliphatic heterocycles.